The van der Waals surface area contributed by atoms with Crippen LogP contribution in [0.4, 0.5) is 4.39 Å². The van der Waals surface area contributed by atoms with E-state index in [0.29, 0.717) is 30.7 Å². The molecular weight excluding hydrogens is 473 g/mol. The average Bonchev–Trinajstić information content (AvgIpc) is 3.46. The molecule has 0 aliphatic carbocycles. The normalized spacial score (nSPS) is 11.1. The molecule has 32 heavy (non-hydrogen) atoms. The Hall–Kier alpha value is -3.41. The van der Waals surface area contributed by atoms with Crippen molar-refractivity contribution in [1.29, 1.82) is 0 Å². The van der Waals surface area contributed by atoms with Gasteiger partial charge in [-0.3, -0.25) is 9.78 Å². The number of rotatable bonds is 5. The third-order valence-electron chi connectivity index (χ3n) is 4.31. The molecule has 0 saturated carbocycles. The van der Waals surface area contributed by atoms with E-state index in [9.17, 15) is 9.18 Å². The second-order valence-corrected chi connectivity index (χ2v) is 9.00. The second-order valence-electron chi connectivity index (χ2n) is 6.53. The van der Waals surface area contributed by atoms with Crippen molar-refractivity contribution < 1.29 is 4.39 Å². The Balaban J connectivity index is 1.40. The van der Waals surface area contributed by atoms with E-state index in [-0.39, 0.29) is 17.9 Å². The minimum absolute atomic E-state index is 0.148. The highest BCUT2D eigenvalue weighted by molar-refractivity contribution is 7.17. The van der Waals surface area contributed by atoms with E-state index in [1.165, 1.54) is 45.6 Å². The average molecular weight is 484 g/mol. The molecule has 0 spiro atoms. The first kappa shape index (κ1) is 20.5. The fourth-order valence-corrected chi connectivity index (χ4v) is 4.59. The predicted octanol–water partition coefficient (Wildman–Crippen LogP) is 4.18. The van der Waals surface area contributed by atoms with Crippen molar-refractivity contribution in [2.24, 2.45) is 0 Å². The van der Waals surface area contributed by atoms with Crippen molar-refractivity contribution in [1.82, 2.24) is 35.2 Å². The molecule has 0 atom stereocenters. The van der Waals surface area contributed by atoms with Crippen molar-refractivity contribution in [3.63, 3.8) is 0 Å². The lowest BCUT2D eigenvalue weighted by atomic mass is 10.2. The van der Waals surface area contributed by atoms with Crippen molar-refractivity contribution in [2.45, 2.75) is 6.54 Å². The molecule has 5 rings (SSSR count). The van der Waals surface area contributed by atoms with Crippen LogP contribution in [0.15, 0.2) is 59.7 Å². The standard InChI is InChI=1S/C20H11ClFN7OS2/c21-13-7-12(8-23-9-13)19-26-27-20(32-19)15-5-6-17(30)29(28-15)10-16-24-25-18(31-16)11-1-3-14(22)4-2-11/h1-9H,10H2. The summed E-state index contributed by atoms with van der Waals surface area (Å²) in [5.74, 6) is -0.322. The Kier molecular flexibility index (Phi) is 5.52. The molecule has 0 unspecified atom stereocenters. The van der Waals surface area contributed by atoms with E-state index in [4.69, 9.17) is 11.6 Å². The van der Waals surface area contributed by atoms with Crippen LogP contribution in [-0.4, -0.2) is 35.2 Å². The summed E-state index contributed by atoms with van der Waals surface area (Å²) in [6.07, 6.45) is 3.19. The van der Waals surface area contributed by atoms with Gasteiger partial charge >= 0.3 is 0 Å². The molecule has 4 heterocycles. The van der Waals surface area contributed by atoms with Gasteiger partial charge in [0, 0.05) is 29.6 Å². The fraction of sp³-hybridized carbons (Fsp3) is 0.0500. The molecular formula is C20H11ClFN7OS2. The van der Waals surface area contributed by atoms with Crippen LogP contribution in [0.1, 0.15) is 5.01 Å². The Morgan fingerprint density at radius 3 is 2.44 bits per heavy atom. The smallest absolute Gasteiger partial charge is 0.267 e. The summed E-state index contributed by atoms with van der Waals surface area (Å²) in [6, 6.07) is 10.8. The molecule has 0 fully saturated rings. The first-order valence-corrected chi connectivity index (χ1v) is 11.2. The first-order valence-electron chi connectivity index (χ1n) is 9.16. The predicted molar refractivity (Wildman–Crippen MR) is 120 cm³/mol. The van der Waals surface area contributed by atoms with Crippen molar-refractivity contribution in [2.75, 3.05) is 0 Å². The van der Waals surface area contributed by atoms with Gasteiger partial charge in [0.1, 0.15) is 26.5 Å². The minimum Gasteiger partial charge on any atom is -0.268 e. The number of hydrogen-bond donors (Lipinski definition) is 0. The van der Waals surface area contributed by atoms with Gasteiger partial charge < -0.3 is 0 Å². The van der Waals surface area contributed by atoms with Crippen molar-refractivity contribution in [3.8, 4) is 31.8 Å². The van der Waals surface area contributed by atoms with Gasteiger partial charge in [-0.2, -0.15) is 5.10 Å². The summed E-state index contributed by atoms with van der Waals surface area (Å²) in [6.45, 7) is 0.148. The maximum absolute atomic E-state index is 13.1. The lowest BCUT2D eigenvalue weighted by molar-refractivity contribution is 0.628. The molecule has 0 aliphatic rings. The Labute approximate surface area is 193 Å². The first-order chi connectivity index (χ1) is 15.5. The maximum atomic E-state index is 13.1. The van der Waals surface area contributed by atoms with Crippen LogP contribution in [0.5, 0.6) is 0 Å². The van der Waals surface area contributed by atoms with Gasteiger partial charge in [-0.05, 0) is 36.4 Å². The number of nitrogens with zero attached hydrogens (tertiary/aromatic N) is 7. The van der Waals surface area contributed by atoms with Gasteiger partial charge in [-0.25, -0.2) is 9.07 Å². The third-order valence-corrected chi connectivity index (χ3v) is 6.46. The molecule has 0 amide bonds. The van der Waals surface area contributed by atoms with E-state index in [1.807, 2.05) is 0 Å². The minimum atomic E-state index is -0.322. The number of benzene rings is 1. The van der Waals surface area contributed by atoms with Gasteiger partial charge in [0.15, 0.2) is 5.01 Å². The molecule has 0 bridgehead atoms. The summed E-state index contributed by atoms with van der Waals surface area (Å²) in [7, 11) is 0. The fourth-order valence-electron chi connectivity index (χ4n) is 2.80. The van der Waals surface area contributed by atoms with Crippen molar-refractivity contribution in [3.05, 3.63) is 81.1 Å². The van der Waals surface area contributed by atoms with E-state index < -0.39 is 0 Å². The van der Waals surface area contributed by atoms with Crippen LogP contribution >= 0.6 is 34.3 Å². The Morgan fingerprint density at radius 1 is 0.875 bits per heavy atom. The summed E-state index contributed by atoms with van der Waals surface area (Å²) in [5.41, 5.74) is 1.72. The molecule has 12 heteroatoms. The monoisotopic (exact) mass is 483 g/mol. The van der Waals surface area contributed by atoms with Gasteiger partial charge in [0.2, 0.25) is 0 Å². The third kappa shape index (κ3) is 4.31. The molecule has 158 valence electrons. The molecule has 1 aromatic carbocycles. The Bertz CT molecular complexity index is 1470. The van der Waals surface area contributed by atoms with Crippen LogP contribution in [-0.2, 0) is 6.54 Å². The zero-order valence-electron chi connectivity index (χ0n) is 16.0. The highest BCUT2D eigenvalue weighted by Crippen LogP contribution is 2.29. The van der Waals surface area contributed by atoms with Gasteiger partial charge in [0.05, 0.1) is 11.6 Å². The number of aromatic nitrogens is 7. The highest BCUT2D eigenvalue weighted by atomic mass is 35.5. The van der Waals surface area contributed by atoms with Gasteiger partial charge in [0.25, 0.3) is 5.56 Å². The topological polar surface area (TPSA) is 99.3 Å². The SMILES string of the molecule is O=c1ccc(-c2nnc(-c3cncc(Cl)c3)s2)nn1Cc1nnc(-c2ccc(F)cc2)s1. The summed E-state index contributed by atoms with van der Waals surface area (Å²) >= 11 is 8.63. The zero-order valence-corrected chi connectivity index (χ0v) is 18.4. The molecule has 5 aromatic rings. The maximum Gasteiger partial charge on any atom is 0.267 e. The largest absolute Gasteiger partial charge is 0.268 e. The van der Waals surface area contributed by atoms with E-state index >= 15 is 0 Å². The summed E-state index contributed by atoms with van der Waals surface area (Å²) < 4.78 is 14.4. The number of halogens is 2. The van der Waals surface area contributed by atoms with Crippen LogP contribution in [0.25, 0.3) is 31.8 Å². The molecule has 0 N–H and O–H groups in total. The van der Waals surface area contributed by atoms with Gasteiger partial charge in [-0.1, -0.05) is 34.3 Å². The molecule has 0 aliphatic heterocycles. The lowest BCUT2D eigenvalue weighted by Crippen LogP contribution is -2.22. The van der Waals surface area contributed by atoms with Crippen LogP contribution in [0.2, 0.25) is 5.02 Å². The summed E-state index contributed by atoms with van der Waals surface area (Å²) in [4.78, 5) is 16.4. The van der Waals surface area contributed by atoms with E-state index in [1.54, 1.807) is 36.7 Å². The van der Waals surface area contributed by atoms with E-state index in [2.05, 4.69) is 30.5 Å². The molecule has 0 radical (unpaired) electrons. The molecule has 8 nitrogen and oxygen atoms in total. The number of pyridine rings is 1. The lowest BCUT2D eigenvalue weighted by Gasteiger charge is -2.02. The molecule has 4 aromatic heterocycles. The van der Waals surface area contributed by atoms with Crippen LogP contribution < -0.4 is 5.56 Å². The quantitative estimate of drug-likeness (QED) is 0.369. The summed E-state index contributed by atoms with van der Waals surface area (Å²) in [5, 5.41) is 24.0. The van der Waals surface area contributed by atoms with Crippen LogP contribution in [0.3, 0.4) is 0 Å². The number of hydrogen-bond acceptors (Lipinski definition) is 9. The van der Waals surface area contributed by atoms with Crippen LogP contribution in [0, 0.1) is 5.82 Å². The van der Waals surface area contributed by atoms with Gasteiger partial charge in [-0.15, -0.1) is 20.4 Å². The van der Waals surface area contributed by atoms with Crippen molar-refractivity contribution >= 4 is 34.3 Å². The van der Waals surface area contributed by atoms with E-state index in [0.717, 1.165) is 11.1 Å². The molecule has 0 saturated heterocycles. The highest BCUT2D eigenvalue weighted by Gasteiger charge is 2.14. The second kappa shape index (κ2) is 8.61. The zero-order chi connectivity index (χ0) is 22.1. The Morgan fingerprint density at radius 2 is 1.62 bits per heavy atom.